The second kappa shape index (κ2) is 5.89. The van der Waals surface area contributed by atoms with E-state index < -0.39 is 0 Å². The van der Waals surface area contributed by atoms with Gasteiger partial charge in [0.2, 0.25) is 0 Å². The van der Waals surface area contributed by atoms with Gasteiger partial charge in [0.15, 0.2) is 6.29 Å². The predicted octanol–water partition coefficient (Wildman–Crippen LogP) is 4.35. The largest absolute Gasteiger partial charge is 0.488 e. The Hall–Kier alpha value is -1.80. The molecule has 0 aliphatic rings. The number of aryl methyl sites for hydroxylation is 2. The molecule has 0 saturated heterocycles. The van der Waals surface area contributed by atoms with Gasteiger partial charge in [0.1, 0.15) is 12.4 Å². The van der Waals surface area contributed by atoms with Crippen molar-refractivity contribution in [2.45, 2.75) is 20.5 Å². The number of ether oxygens (including phenoxy) is 1. The Morgan fingerprint density at radius 1 is 1.16 bits per heavy atom. The van der Waals surface area contributed by atoms with E-state index in [-0.39, 0.29) is 0 Å². The lowest BCUT2D eigenvalue weighted by atomic mass is 10.1. The van der Waals surface area contributed by atoms with E-state index in [2.05, 4.69) is 18.2 Å². The lowest BCUT2D eigenvalue weighted by Gasteiger charge is -2.10. The summed E-state index contributed by atoms with van der Waals surface area (Å²) in [6, 6.07) is 11.4. The molecule has 0 aliphatic carbocycles. The van der Waals surface area contributed by atoms with E-state index in [4.69, 9.17) is 16.3 Å². The maximum Gasteiger partial charge on any atom is 0.155 e. The Balaban J connectivity index is 2.19. The van der Waals surface area contributed by atoms with E-state index in [1.54, 1.807) is 18.2 Å². The van der Waals surface area contributed by atoms with Gasteiger partial charge in [0.05, 0.1) is 10.6 Å². The summed E-state index contributed by atoms with van der Waals surface area (Å²) in [4.78, 5) is 11.0. The van der Waals surface area contributed by atoms with Crippen LogP contribution in [0, 0.1) is 13.8 Å². The normalized spacial score (nSPS) is 10.3. The third-order valence-corrected chi connectivity index (χ3v) is 3.14. The first-order valence-corrected chi connectivity index (χ1v) is 6.41. The number of benzene rings is 2. The van der Waals surface area contributed by atoms with Crippen molar-refractivity contribution in [2.24, 2.45) is 0 Å². The lowest BCUT2D eigenvalue weighted by Crippen LogP contribution is -1.99. The highest BCUT2D eigenvalue weighted by molar-refractivity contribution is 6.33. The van der Waals surface area contributed by atoms with Crippen LogP contribution in [0.4, 0.5) is 0 Å². The Labute approximate surface area is 118 Å². The summed E-state index contributed by atoms with van der Waals surface area (Å²) >= 11 is 5.95. The molecule has 0 heterocycles. The van der Waals surface area contributed by atoms with Crippen LogP contribution in [0.25, 0.3) is 0 Å². The SMILES string of the molecule is Cc1cc(C)cc(COc2cccc(Cl)c2C=O)c1. The number of rotatable bonds is 4. The second-order valence-electron chi connectivity index (χ2n) is 4.55. The van der Waals surface area contributed by atoms with E-state index >= 15 is 0 Å². The fraction of sp³-hybridized carbons (Fsp3) is 0.188. The predicted molar refractivity (Wildman–Crippen MR) is 77.1 cm³/mol. The van der Waals surface area contributed by atoms with Crippen LogP contribution in [-0.2, 0) is 6.61 Å². The second-order valence-corrected chi connectivity index (χ2v) is 4.96. The Kier molecular flexibility index (Phi) is 4.23. The van der Waals surface area contributed by atoms with Crippen LogP contribution in [0.15, 0.2) is 36.4 Å². The number of hydrogen-bond acceptors (Lipinski definition) is 2. The molecule has 2 rings (SSSR count). The molecular formula is C16H15ClO2. The van der Waals surface area contributed by atoms with Crippen molar-refractivity contribution in [3.05, 3.63) is 63.7 Å². The molecule has 0 N–H and O–H groups in total. The molecule has 2 aromatic rings. The summed E-state index contributed by atoms with van der Waals surface area (Å²) in [5.74, 6) is 0.515. The first kappa shape index (κ1) is 13.6. The highest BCUT2D eigenvalue weighted by Gasteiger charge is 2.07. The van der Waals surface area contributed by atoms with Gasteiger partial charge in [-0.3, -0.25) is 4.79 Å². The molecule has 0 saturated carbocycles. The molecule has 0 fully saturated rings. The Morgan fingerprint density at radius 3 is 2.47 bits per heavy atom. The molecule has 0 unspecified atom stereocenters. The maximum atomic E-state index is 11.0. The molecule has 19 heavy (non-hydrogen) atoms. The molecule has 0 atom stereocenters. The zero-order valence-electron chi connectivity index (χ0n) is 10.9. The summed E-state index contributed by atoms with van der Waals surface area (Å²) in [7, 11) is 0. The Bertz CT molecular complexity index is 585. The van der Waals surface area contributed by atoms with Crippen molar-refractivity contribution in [1.29, 1.82) is 0 Å². The molecule has 0 radical (unpaired) electrons. The summed E-state index contributed by atoms with van der Waals surface area (Å²) in [6.45, 7) is 4.52. The van der Waals surface area contributed by atoms with E-state index in [9.17, 15) is 4.79 Å². The molecular weight excluding hydrogens is 260 g/mol. The topological polar surface area (TPSA) is 26.3 Å². The maximum absolute atomic E-state index is 11.0. The van der Waals surface area contributed by atoms with Crippen molar-refractivity contribution >= 4 is 17.9 Å². The smallest absolute Gasteiger partial charge is 0.155 e. The van der Waals surface area contributed by atoms with E-state index in [1.165, 1.54) is 11.1 Å². The molecule has 2 nitrogen and oxygen atoms in total. The van der Waals surface area contributed by atoms with Gasteiger partial charge in [-0.2, -0.15) is 0 Å². The summed E-state index contributed by atoms with van der Waals surface area (Å²) in [6.07, 6.45) is 0.721. The molecule has 2 aromatic carbocycles. The van der Waals surface area contributed by atoms with Crippen LogP contribution < -0.4 is 4.74 Å². The molecule has 3 heteroatoms. The van der Waals surface area contributed by atoms with Crippen molar-refractivity contribution in [1.82, 2.24) is 0 Å². The molecule has 0 amide bonds. The minimum atomic E-state index is 0.397. The number of carbonyl (C=O) groups is 1. The van der Waals surface area contributed by atoms with Gasteiger partial charge < -0.3 is 4.74 Å². The average Bonchev–Trinajstić information content (AvgIpc) is 2.35. The van der Waals surface area contributed by atoms with Crippen molar-refractivity contribution in [2.75, 3.05) is 0 Å². The van der Waals surface area contributed by atoms with Gasteiger partial charge in [-0.15, -0.1) is 0 Å². The van der Waals surface area contributed by atoms with Crippen LogP contribution in [-0.4, -0.2) is 6.29 Å². The van der Waals surface area contributed by atoms with Crippen LogP contribution in [0.1, 0.15) is 27.0 Å². The van der Waals surface area contributed by atoms with E-state index in [1.807, 2.05) is 13.8 Å². The van der Waals surface area contributed by atoms with Crippen molar-refractivity contribution in [3.63, 3.8) is 0 Å². The van der Waals surface area contributed by atoms with Gasteiger partial charge in [-0.1, -0.05) is 47.0 Å². The molecule has 0 aliphatic heterocycles. The number of aldehydes is 1. The highest BCUT2D eigenvalue weighted by Crippen LogP contribution is 2.25. The van der Waals surface area contributed by atoms with Crippen LogP contribution in [0.3, 0.4) is 0 Å². The standard InChI is InChI=1S/C16H15ClO2/c1-11-6-12(2)8-13(7-11)10-19-16-5-3-4-15(17)14(16)9-18/h3-9H,10H2,1-2H3. The zero-order chi connectivity index (χ0) is 13.8. The zero-order valence-corrected chi connectivity index (χ0v) is 11.7. The number of carbonyl (C=O) groups excluding carboxylic acids is 1. The van der Waals surface area contributed by atoms with Gasteiger partial charge in [-0.05, 0) is 31.5 Å². The number of hydrogen-bond donors (Lipinski definition) is 0. The molecule has 0 spiro atoms. The fourth-order valence-corrected chi connectivity index (χ4v) is 2.28. The summed E-state index contributed by atoms with van der Waals surface area (Å²) < 4.78 is 5.69. The third-order valence-electron chi connectivity index (χ3n) is 2.81. The monoisotopic (exact) mass is 274 g/mol. The van der Waals surface area contributed by atoms with Gasteiger partial charge >= 0.3 is 0 Å². The minimum absolute atomic E-state index is 0.397. The fourth-order valence-electron chi connectivity index (χ4n) is 2.07. The van der Waals surface area contributed by atoms with Gasteiger partial charge in [0.25, 0.3) is 0 Å². The highest BCUT2D eigenvalue weighted by atomic mass is 35.5. The molecule has 0 aromatic heterocycles. The molecule has 98 valence electrons. The van der Waals surface area contributed by atoms with Crippen LogP contribution in [0.5, 0.6) is 5.75 Å². The quantitative estimate of drug-likeness (QED) is 0.775. The van der Waals surface area contributed by atoms with Gasteiger partial charge in [0, 0.05) is 0 Å². The minimum Gasteiger partial charge on any atom is -0.488 e. The Morgan fingerprint density at radius 2 is 1.84 bits per heavy atom. The summed E-state index contributed by atoms with van der Waals surface area (Å²) in [5.41, 5.74) is 3.86. The van der Waals surface area contributed by atoms with Crippen molar-refractivity contribution < 1.29 is 9.53 Å². The number of halogens is 1. The van der Waals surface area contributed by atoms with Crippen molar-refractivity contribution in [3.8, 4) is 5.75 Å². The van der Waals surface area contributed by atoms with Crippen LogP contribution in [0.2, 0.25) is 5.02 Å². The average molecular weight is 275 g/mol. The van der Waals surface area contributed by atoms with E-state index in [0.29, 0.717) is 22.9 Å². The molecule has 0 bridgehead atoms. The van der Waals surface area contributed by atoms with E-state index in [0.717, 1.165) is 11.8 Å². The van der Waals surface area contributed by atoms with Gasteiger partial charge in [-0.25, -0.2) is 0 Å². The lowest BCUT2D eigenvalue weighted by molar-refractivity contribution is 0.111. The summed E-state index contributed by atoms with van der Waals surface area (Å²) in [5, 5.41) is 0.410. The van der Waals surface area contributed by atoms with Crippen LogP contribution >= 0.6 is 11.6 Å². The third kappa shape index (κ3) is 3.36. The first-order valence-electron chi connectivity index (χ1n) is 6.04. The first-order chi connectivity index (χ1) is 9.10.